The molecule has 0 saturated heterocycles. The van der Waals surface area contributed by atoms with E-state index in [1.807, 2.05) is 0 Å². The van der Waals surface area contributed by atoms with Crippen molar-refractivity contribution in [1.82, 2.24) is 15.1 Å². The molecule has 1 amide bonds. The highest BCUT2D eigenvalue weighted by Crippen LogP contribution is 2.18. The molecule has 9 heteroatoms. The van der Waals surface area contributed by atoms with E-state index in [1.54, 1.807) is 0 Å². The molecule has 1 saturated carbocycles. The second-order valence-corrected chi connectivity index (χ2v) is 4.67. The molecule has 0 aliphatic heterocycles. The van der Waals surface area contributed by atoms with Gasteiger partial charge in [-0.15, -0.1) is 0 Å². The number of rotatable bonds is 5. The van der Waals surface area contributed by atoms with Gasteiger partial charge in [0, 0.05) is 6.04 Å². The SMILES string of the molecule is O=C(Cn1cc([N+](=O)[O-])c(C(=O)O)n1)NC1CCCC1. The summed E-state index contributed by atoms with van der Waals surface area (Å²) in [7, 11) is 0. The Hall–Kier alpha value is -2.45. The summed E-state index contributed by atoms with van der Waals surface area (Å²) in [5.41, 5.74) is -1.28. The fourth-order valence-electron chi connectivity index (χ4n) is 2.27. The summed E-state index contributed by atoms with van der Waals surface area (Å²) in [6.07, 6.45) is 4.94. The van der Waals surface area contributed by atoms with Gasteiger partial charge >= 0.3 is 11.7 Å². The average molecular weight is 282 g/mol. The van der Waals surface area contributed by atoms with Crippen molar-refractivity contribution >= 4 is 17.6 Å². The molecule has 1 fully saturated rings. The van der Waals surface area contributed by atoms with Gasteiger partial charge in [0.1, 0.15) is 12.7 Å². The van der Waals surface area contributed by atoms with E-state index in [0.29, 0.717) is 0 Å². The Labute approximate surface area is 113 Å². The van der Waals surface area contributed by atoms with Crippen LogP contribution in [0.3, 0.4) is 0 Å². The summed E-state index contributed by atoms with van der Waals surface area (Å²) in [6.45, 7) is -0.232. The van der Waals surface area contributed by atoms with Crippen molar-refractivity contribution in [3.63, 3.8) is 0 Å². The Bertz CT molecular complexity index is 516. The zero-order valence-electron chi connectivity index (χ0n) is 10.6. The predicted molar refractivity (Wildman–Crippen MR) is 66.2 cm³/mol. The van der Waals surface area contributed by atoms with Crippen molar-refractivity contribution in [2.45, 2.75) is 38.3 Å². The average Bonchev–Trinajstić information content (AvgIpc) is 2.97. The lowest BCUT2D eigenvalue weighted by molar-refractivity contribution is -0.385. The number of hydrogen-bond donors (Lipinski definition) is 2. The number of aromatic carboxylic acids is 1. The summed E-state index contributed by atoms with van der Waals surface area (Å²) >= 11 is 0. The van der Waals surface area contributed by atoms with Gasteiger partial charge in [0.2, 0.25) is 11.6 Å². The number of hydrogen-bond acceptors (Lipinski definition) is 5. The fraction of sp³-hybridized carbons (Fsp3) is 0.545. The molecule has 2 N–H and O–H groups in total. The Morgan fingerprint density at radius 2 is 2.15 bits per heavy atom. The minimum Gasteiger partial charge on any atom is -0.476 e. The van der Waals surface area contributed by atoms with Crippen LogP contribution in [-0.4, -0.2) is 37.7 Å². The van der Waals surface area contributed by atoms with Gasteiger partial charge < -0.3 is 10.4 Å². The molecule has 1 aromatic heterocycles. The van der Waals surface area contributed by atoms with Crippen molar-refractivity contribution in [2.75, 3.05) is 0 Å². The molecular formula is C11H14N4O5. The number of nitrogens with zero attached hydrogens (tertiary/aromatic N) is 3. The number of carboxylic acids is 1. The van der Waals surface area contributed by atoms with Gasteiger partial charge in [0.15, 0.2) is 0 Å². The van der Waals surface area contributed by atoms with Crippen LogP contribution in [0.2, 0.25) is 0 Å². The lowest BCUT2D eigenvalue weighted by Crippen LogP contribution is -2.35. The molecule has 20 heavy (non-hydrogen) atoms. The van der Waals surface area contributed by atoms with Crippen LogP contribution in [0.1, 0.15) is 36.2 Å². The quantitative estimate of drug-likeness (QED) is 0.599. The van der Waals surface area contributed by atoms with E-state index in [9.17, 15) is 19.7 Å². The van der Waals surface area contributed by atoms with Gasteiger partial charge in [-0.3, -0.25) is 19.6 Å². The minimum absolute atomic E-state index is 0.131. The van der Waals surface area contributed by atoms with E-state index in [-0.39, 0.29) is 18.5 Å². The maximum atomic E-state index is 11.7. The number of nitro groups is 1. The summed E-state index contributed by atoms with van der Waals surface area (Å²) in [4.78, 5) is 32.4. The third-order valence-electron chi connectivity index (χ3n) is 3.17. The highest BCUT2D eigenvalue weighted by molar-refractivity contribution is 5.90. The van der Waals surface area contributed by atoms with Crippen LogP contribution in [0.15, 0.2) is 6.20 Å². The molecule has 9 nitrogen and oxygen atoms in total. The van der Waals surface area contributed by atoms with E-state index in [4.69, 9.17) is 5.11 Å². The summed E-state index contributed by atoms with van der Waals surface area (Å²) in [5, 5.41) is 25.9. The number of amides is 1. The van der Waals surface area contributed by atoms with Crippen LogP contribution in [0.5, 0.6) is 0 Å². The zero-order valence-corrected chi connectivity index (χ0v) is 10.6. The summed E-state index contributed by atoms with van der Waals surface area (Å²) in [5.74, 6) is -1.82. The summed E-state index contributed by atoms with van der Waals surface area (Å²) < 4.78 is 0.978. The van der Waals surface area contributed by atoms with E-state index >= 15 is 0 Å². The number of carbonyl (C=O) groups is 2. The topological polar surface area (TPSA) is 127 Å². The fourth-order valence-corrected chi connectivity index (χ4v) is 2.27. The first-order valence-electron chi connectivity index (χ1n) is 6.22. The second-order valence-electron chi connectivity index (χ2n) is 4.67. The molecule has 0 radical (unpaired) electrons. The number of nitrogens with one attached hydrogen (secondary N) is 1. The summed E-state index contributed by atoms with van der Waals surface area (Å²) in [6, 6.07) is 0.131. The van der Waals surface area contributed by atoms with Gasteiger partial charge in [-0.2, -0.15) is 5.10 Å². The van der Waals surface area contributed by atoms with E-state index in [0.717, 1.165) is 36.6 Å². The first-order valence-corrected chi connectivity index (χ1v) is 6.22. The molecular weight excluding hydrogens is 268 g/mol. The Morgan fingerprint density at radius 3 is 2.65 bits per heavy atom. The maximum absolute atomic E-state index is 11.7. The van der Waals surface area contributed by atoms with Crippen molar-refractivity contribution in [2.24, 2.45) is 0 Å². The minimum atomic E-state index is -1.49. The van der Waals surface area contributed by atoms with E-state index < -0.39 is 22.3 Å². The molecule has 0 unspecified atom stereocenters. The van der Waals surface area contributed by atoms with Crippen molar-refractivity contribution in [3.05, 3.63) is 22.0 Å². The van der Waals surface area contributed by atoms with Gasteiger partial charge in [-0.05, 0) is 12.8 Å². The Kier molecular flexibility index (Phi) is 3.97. The van der Waals surface area contributed by atoms with Gasteiger partial charge in [-0.25, -0.2) is 4.79 Å². The lowest BCUT2D eigenvalue weighted by atomic mass is 10.2. The molecule has 0 atom stereocenters. The smallest absolute Gasteiger partial charge is 0.363 e. The normalized spacial score (nSPS) is 15.2. The first kappa shape index (κ1) is 14.0. The van der Waals surface area contributed by atoms with Crippen molar-refractivity contribution in [1.29, 1.82) is 0 Å². The highest BCUT2D eigenvalue weighted by atomic mass is 16.6. The molecule has 1 aliphatic carbocycles. The number of carboxylic acid groups (broad SMARTS) is 1. The monoisotopic (exact) mass is 282 g/mol. The van der Waals surface area contributed by atoms with Gasteiger partial charge in [0.05, 0.1) is 4.92 Å². The van der Waals surface area contributed by atoms with E-state index in [2.05, 4.69) is 10.4 Å². The number of aromatic nitrogens is 2. The molecule has 108 valence electrons. The van der Waals surface area contributed by atoms with Crippen LogP contribution in [-0.2, 0) is 11.3 Å². The van der Waals surface area contributed by atoms with Crippen molar-refractivity contribution < 1.29 is 19.6 Å². The second kappa shape index (κ2) is 5.68. The molecule has 1 aliphatic rings. The highest BCUT2D eigenvalue weighted by Gasteiger charge is 2.26. The van der Waals surface area contributed by atoms with Crippen LogP contribution in [0.25, 0.3) is 0 Å². The molecule has 1 heterocycles. The molecule has 0 aromatic carbocycles. The first-order chi connectivity index (χ1) is 9.47. The van der Waals surface area contributed by atoms with Crippen molar-refractivity contribution in [3.8, 4) is 0 Å². The van der Waals surface area contributed by atoms with Crippen LogP contribution in [0.4, 0.5) is 5.69 Å². The third kappa shape index (κ3) is 3.11. The predicted octanol–water partition coefficient (Wildman–Crippen LogP) is 0.548. The molecule has 2 rings (SSSR count). The molecule has 0 bridgehead atoms. The Morgan fingerprint density at radius 1 is 1.50 bits per heavy atom. The molecule has 1 aromatic rings. The lowest BCUT2D eigenvalue weighted by Gasteiger charge is -2.11. The Balaban J connectivity index is 2.05. The third-order valence-corrected chi connectivity index (χ3v) is 3.17. The number of carbonyl (C=O) groups excluding carboxylic acids is 1. The van der Waals surface area contributed by atoms with Crippen LogP contribution < -0.4 is 5.32 Å². The van der Waals surface area contributed by atoms with Crippen LogP contribution >= 0.6 is 0 Å². The standard InChI is InChI=1S/C11H14N4O5/c16-9(12-7-3-1-2-4-7)6-14-5-8(15(19)20)10(13-14)11(17)18/h5,7H,1-4,6H2,(H,12,16)(H,17,18). The van der Waals surface area contributed by atoms with Gasteiger partial charge in [0.25, 0.3) is 0 Å². The zero-order chi connectivity index (χ0) is 14.7. The van der Waals surface area contributed by atoms with Gasteiger partial charge in [-0.1, -0.05) is 12.8 Å². The van der Waals surface area contributed by atoms with E-state index in [1.165, 1.54) is 0 Å². The molecule has 0 spiro atoms. The maximum Gasteiger partial charge on any atom is 0.363 e. The largest absolute Gasteiger partial charge is 0.476 e. The van der Waals surface area contributed by atoms with Crippen LogP contribution in [0, 0.1) is 10.1 Å².